The Morgan fingerprint density at radius 3 is 2.62 bits per heavy atom. The van der Waals surface area contributed by atoms with Gasteiger partial charge in [-0.2, -0.15) is 0 Å². The lowest BCUT2D eigenvalue weighted by Crippen LogP contribution is -2.14. The molecule has 1 fully saturated rings. The molecule has 13 heavy (non-hydrogen) atoms. The van der Waals surface area contributed by atoms with Crippen LogP contribution in [0.3, 0.4) is 0 Å². The molecule has 70 valence electrons. The lowest BCUT2D eigenvalue weighted by atomic mass is 10.0. The Labute approximate surface area is 79.4 Å². The molecule has 0 amide bonds. The average molecular weight is 176 g/mol. The summed E-state index contributed by atoms with van der Waals surface area (Å²) in [6.07, 6.45) is 7.73. The van der Waals surface area contributed by atoms with Gasteiger partial charge in [0, 0.05) is 24.6 Å². The van der Waals surface area contributed by atoms with Crippen LogP contribution in [0.4, 0.5) is 5.69 Å². The molecule has 0 radical (unpaired) electrons. The third-order valence-corrected chi connectivity index (χ3v) is 3.05. The summed E-state index contributed by atoms with van der Waals surface area (Å²) < 4.78 is 0. The van der Waals surface area contributed by atoms with Gasteiger partial charge in [0.2, 0.25) is 0 Å². The molecular weight excluding hydrogens is 160 g/mol. The van der Waals surface area contributed by atoms with Crippen molar-refractivity contribution < 1.29 is 0 Å². The first-order valence-electron chi connectivity index (χ1n) is 4.99. The van der Waals surface area contributed by atoms with Gasteiger partial charge in [-0.05, 0) is 36.8 Å². The van der Waals surface area contributed by atoms with Gasteiger partial charge in [0.05, 0.1) is 0 Å². The normalized spacial score (nSPS) is 18.2. The van der Waals surface area contributed by atoms with Gasteiger partial charge in [-0.15, -0.1) is 0 Å². The lowest BCUT2D eigenvalue weighted by molar-refractivity contribution is 0.521. The van der Waals surface area contributed by atoms with E-state index in [0.29, 0.717) is 5.41 Å². The van der Waals surface area contributed by atoms with Gasteiger partial charge >= 0.3 is 0 Å². The van der Waals surface area contributed by atoms with Crippen LogP contribution in [0.1, 0.15) is 26.2 Å². The summed E-state index contributed by atoms with van der Waals surface area (Å²) in [5.41, 5.74) is 1.80. The molecule has 2 heteroatoms. The van der Waals surface area contributed by atoms with E-state index in [9.17, 15) is 0 Å². The predicted molar refractivity (Wildman–Crippen MR) is 54.7 cm³/mol. The van der Waals surface area contributed by atoms with Gasteiger partial charge in [0.15, 0.2) is 0 Å². The number of nitrogens with one attached hydrogen (secondary N) is 1. The summed E-state index contributed by atoms with van der Waals surface area (Å²) in [6, 6.07) is 4.04. The number of pyridine rings is 1. The van der Waals surface area contributed by atoms with Crippen LogP contribution in [-0.4, -0.2) is 11.5 Å². The van der Waals surface area contributed by atoms with E-state index in [1.54, 1.807) is 0 Å². The molecule has 1 heterocycles. The molecule has 1 aliphatic carbocycles. The van der Waals surface area contributed by atoms with Gasteiger partial charge in [-0.1, -0.05) is 6.92 Å². The zero-order valence-electron chi connectivity index (χ0n) is 8.09. The van der Waals surface area contributed by atoms with Crippen molar-refractivity contribution in [3.63, 3.8) is 0 Å². The molecule has 0 spiro atoms. The Bertz CT molecular complexity index is 265. The number of anilines is 1. The van der Waals surface area contributed by atoms with Crippen LogP contribution in [0, 0.1) is 5.41 Å². The van der Waals surface area contributed by atoms with Crippen molar-refractivity contribution in [3.8, 4) is 0 Å². The van der Waals surface area contributed by atoms with Crippen LogP contribution in [0.15, 0.2) is 24.5 Å². The van der Waals surface area contributed by atoms with Gasteiger partial charge in [0.25, 0.3) is 0 Å². The van der Waals surface area contributed by atoms with Crippen LogP contribution < -0.4 is 5.32 Å². The van der Waals surface area contributed by atoms with Crippen molar-refractivity contribution in [2.45, 2.75) is 26.2 Å². The Kier molecular flexibility index (Phi) is 2.21. The minimum absolute atomic E-state index is 0.614. The molecule has 1 aromatic heterocycles. The maximum absolute atomic E-state index is 3.99. The second kappa shape index (κ2) is 3.36. The SMILES string of the molecule is CCC1(CNc2ccncc2)CC1. The quantitative estimate of drug-likeness (QED) is 0.763. The summed E-state index contributed by atoms with van der Waals surface area (Å²) in [6.45, 7) is 3.40. The topological polar surface area (TPSA) is 24.9 Å². The van der Waals surface area contributed by atoms with E-state index >= 15 is 0 Å². The van der Waals surface area contributed by atoms with Crippen LogP contribution in [0.25, 0.3) is 0 Å². The average Bonchev–Trinajstić information content (AvgIpc) is 2.97. The Morgan fingerprint density at radius 2 is 2.08 bits per heavy atom. The highest BCUT2D eigenvalue weighted by molar-refractivity contribution is 5.41. The summed E-state index contributed by atoms with van der Waals surface area (Å²) in [5.74, 6) is 0. The van der Waals surface area contributed by atoms with Crippen LogP contribution in [-0.2, 0) is 0 Å². The fourth-order valence-electron chi connectivity index (χ4n) is 1.59. The van der Waals surface area contributed by atoms with Crippen molar-refractivity contribution in [1.29, 1.82) is 0 Å². The van der Waals surface area contributed by atoms with E-state index in [-0.39, 0.29) is 0 Å². The van der Waals surface area contributed by atoms with E-state index < -0.39 is 0 Å². The smallest absolute Gasteiger partial charge is 0.0371 e. The Balaban J connectivity index is 1.86. The monoisotopic (exact) mass is 176 g/mol. The maximum atomic E-state index is 3.99. The number of aromatic nitrogens is 1. The van der Waals surface area contributed by atoms with E-state index in [1.165, 1.54) is 24.9 Å². The minimum Gasteiger partial charge on any atom is -0.384 e. The second-order valence-corrected chi connectivity index (χ2v) is 3.94. The zero-order chi connectivity index (χ0) is 9.15. The summed E-state index contributed by atoms with van der Waals surface area (Å²) in [5, 5.41) is 3.46. The molecule has 1 aromatic rings. The minimum atomic E-state index is 0.614. The zero-order valence-corrected chi connectivity index (χ0v) is 8.09. The van der Waals surface area contributed by atoms with Crippen molar-refractivity contribution in [3.05, 3.63) is 24.5 Å². The molecule has 0 atom stereocenters. The Morgan fingerprint density at radius 1 is 1.38 bits per heavy atom. The van der Waals surface area contributed by atoms with Gasteiger partial charge in [-0.25, -0.2) is 0 Å². The summed E-state index contributed by atoms with van der Waals surface area (Å²) in [7, 11) is 0. The third-order valence-electron chi connectivity index (χ3n) is 3.05. The van der Waals surface area contributed by atoms with Crippen molar-refractivity contribution >= 4 is 5.69 Å². The van der Waals surface area contributed by atoms with Crippen LogP contribution in [0.5, 0.6) is 0 Å². The van der Waals surface area contributed by atoms with E-state index in [4.69, 9.17) is 0 Å². The molecule has 0 aromatic carbocycles. The van der Waals surface area contributed by atoms with Gasteiger partial charge in [0.1, 0.15) is 0 Å². The molecule has 0 unspecified atom stereocenters. The summed E-state index contributed by atoms with van der Waals surface area (Å²) >= 11 is 0. The number of nitrogens with zero attached hydrogens (tertiary/aromatic N) is 1. The van der Waals surface area contributed by atoms with E-state index in [0.717, 1.165) is 6.54 Å². The van der Waals surface area contributed by atoms with Crippen LogP contribution >= 0.6 is 0 Å². The highest BCUT2D eigenvalue weighted by Gasteiger charge is 2.40. The highest BCUT2D eigenvalue weighted by atomic mass is 14.9. The number of hydrogen-bond acceptors (Lipinski definition) is 2. The first kappa shape index (κ1) is 8.54. The molecule has 1 aliphatic rings. The fraction of sp³-hybridized carbons (Fsp3) is 0.545. The molecule has 1 N–H and O–H groups in total. The Hall–Kier alpha value is -1.05. The largest absolute Gasteiger partial charge is 0.384 e. The van der Waals surface area contributed by atoms with Crippen molar-refractivity contribution in [2.24, 2.45) is 5.41 Å². The highest BCUT2D eigenvalue weighted by Crippen LogP contribution is 2.48. The molecule has 2 nitrogen and oxygen atoms in total. The predicted octanol–water partition coefficient (Wildman–Crippen LogP) is 2.68. The maximum Gasteiger partial charge on any atom is 0.0371 e. The third kappa shape index (κ3) is 2.00. The second-order valence-electron chi connectivity index (χ2n) is 3.94. The molecule has 0 aliphatic heterocycles. The lowest BCUT2D eigenvalue weighted by Gasteiger charge is -2.13. The summed E-state index contributed by atoms with van der Waals surface area (Å²) in [4.78, 5) is 3.99. The number of hydrogen-bond donors (Lipinski definition) is 1. The first-order chi connectivity index (χ1) is 6.35. The molecule has 0 saturated heterocycles. The van der Waals surface area contributed by atoms with Crippen LogP contribution in [0.2, 0.25) is 0 Å². The van der Waals surface area contributed by atoms with Gasteiger partial charge in [-0.3, -0.25) is 4.98 Å². The molecule has 0 bridgehead atoms. The molecular formula is C11H16N2. The van der Waals surface area contributed by atoms with Crippen molar-refractivity contribution in [2.75, 3.05) is 11.9 Å². The molecule has 1 saturated carbocycles. The van der Waals surface area contributed by atoms with E-state index in [2.05, 4.69) is 17.2 Å². The number of rotatable bonds is 4. The first-order valence-corrected chi connectivity index (χ1v) is 4.99. The van der Waals surface area contributed by atoms with Gasteiger partial charge < -0.3 is 5.32 Å². The van der Waals surface area contributed by atoms with E-state index in [1.807, 2.05) is 24.5 Å². The van der Waals surface area contributed by atoms with Crippen molar-refractivity contribution in [1.82, 2.24) is 4.98 Å². The molecule has 2 rings (SSSR count). The standard InChI is InChI=1S/C11H16N2/c1-2-11(5-6-11)9-13-10-3-7-12-8-4-10/h3-4,7-8H,2,5-6,9H2,1H3,(H,12,13). The fourth-order valence-corrected chi connectivity index (χ4v) is 1.59.